The maximum Gasteiger partial charge on any atom is 0.248 e. The summed E-state index contributed by atoms with van der Waals surface area (Å²) in [4.78, 5) is 21.6. The van der Waals surface area contributed by atoms with Crippen molar-refractivity contribution >= 4 is 29.0 Å². The van der Waals surface area contributed by atoms with Crippen LogP contribution in [0.25, 0.3) is 6.08 Å². The number of hydrogen-bond acceptors (Lipinski definition) is 6. The highest BCUT2D eigenvalue weighted by Gasteiger charge is 2.14. The Labute approximate surface area is 199 Å². The first-order valence-electron chi connectivity index (χ1n) is 11.2. The van der Waals surface area contributed by atoms with Crippen LogP contribution in [0, 0.1) is 6.92 Å². The van der Waals surface area contributed by atoms with Gasteiger partial charge in [-0.05, 0) is 55.4 Å². The number of anilines is 1. The summed E-state index contributed by atoms with van der Waals surface area (Å²) < 4.78 is 5.77. The van der Waals surface area contributed by atoms with E-state index in [2.05, 4.69) is 39.3 Å². The van der Waals surface area contributed by atoms with Crippen molar-refractivity contribution in [3.05, 3.63) is 81.8 Å². The van der Waals surface area contributed by atoms with E-state index < -0.39 is 0 Å². The van der Waals surface area contributed by atoms with Gasteiger partial charge in [0.2, 0.25) is 5.91 Å². The minimum atomic E-state index is -0.147. The number of benzene rings is 2. The molecule has 1 fully saturated rings. The number of carbonyl (C=O) groups is 1. The standard InChI is InChI=1S/C26H30N4O2S/c1-20-27-24(19-33-20)18-32-25-9-6-21(7-10-25)8-11-26(31)28-23-5-3-4-22(16-23)17-30-14-12-29(2)13-15-30/h3-11,16,19H,12-15,17-18H2,1-2H3,(H,28,31)/b11-8+. The monoisotopic (exact) mass is 462 g/mol. The van der Waals surface area contributed by atoms with E-state index in [0.717, 1.165) is 60.4 Å². The number of aryl methyl sites for hydroxylation is 1. The van der Waals surface area contributed by atoms with Gasteiger partial charge in [0.1, 0.15) is 12.4 Å². The van der Waals surface area contributed by atoms with Gasteiger partial charge in [0.15, 0.2) is 0 Å². The third-order valence-corrected chi connectivity index (χ3v) is 6.38. The second-order valence-corrected chi connectivity index (χ2v) is 9.38. The van der Waals surface area contributed by atoms with Crippen molar-refractivity contribution in [2.24, 2.45) is 0 Å². The number of nitrogens with one attached hydrogen (secondary N) is 1. The number of nitrogens with zero attached hydrogens (tertiary/aromatic N) is 3. The lowest BCUT2D eigenvalue weighted by atomic mass is 10.1. The molecule has 4 rings (SSSR count). The van der Waals surface area contributed by atoms with Crippen molar-refractivity contribution in [2.45, 2.75) is 20.1 Å². The summed E-state index contributed by atoms with van der Waals surface area (Å²) in [5, 5.41) is 6.01. The number of carbonyl (C=O) groups excluding carboxylic acids is 1. The Morgan fingerprint density at radius 1 is 1.15 bits per heavy atom. The second-order valence-electron chi connectivity index (χ2n) is 8.32. The Balaban J connectivity index is 1.26. The summed E-state index contributed by atoms with van der Waals surface area (Å²) in [5.41, 5.74) is 3.90. The van der Waals surface area contributed by atoms with Crippen LogP contribution in [0.2, 0.25) is 0 Å². The van der Waals surface area contributed by atoms with E-state index in [4.69, 9.17) is 4.74 Å². The van der Waals surface area contributed by atoms with Crippen LogP contribution in [0.4, 0.5) is 5.69 Å². The van der Waals surface area contributed by atoms with E-state index in [-0.39, 0.29) is 5.91 Å². The topological polar surface area (TPSA) is 57.7 Å². The van der Waals surface area contributed by atoms with E-state index >= 15 is 0 Å². The number of hydrogen-bond donors (Lipinski definition) is 1. The minimum Gasteiger partial charge on any atom is -0.487 e. The van der Waals surface area contributed by atoms with E-state index in [9.17, 15) is 4.79 Å². The van der Waals surface area contributed by atoms with Crippen molar-refractivity contribution in [3.8, 4) is 5.75 Å². The van der Waals surface area contributed by atoms with Crippen LogP contribution in [-0.2, 0) is 17.9 Å². The Morgan fingerprint density at radius 2 is 1.94 bits per heavy atom. The lowest BCUT2D eigenvalue weighted by molar-refractivity contribution is -0.111. The van der Waals surface area contributed by atoms with Crippen LogP contribution in [0.1, 0.15) is 21.8 Å². The molecule has 1 amide bonds. The summed E-state index contributed by atoms with van der Waals surface area (Å²) in [5.74, 6) is 0.630. The number of likely N-dealkylation sites (N-methyl/N-ethyl adjacent to an activating group) is 1. The average Bonchev–Trinajstić information content (AvgIpc) is 3.24. The van der Waals surface area contributed by atoms with Gasteiger partial charge in [0.05, 0.1) is 10.7 Å². The Kier molecular flexibility index (Phi) is 7.88. The van der Waals surface area contributed by atoms with Crippen molar-refractivity contribution in [1.82, 2.24) is 14.8 Å². The lowest BCUT2D eigenvalue weighted by Gasteiger charge is -2.32. The largest absolute Gasteiger partial charge is 0.487 e. The van der Waals surface area contributed by atoms with Gasteiger partial charge in [0.25, 0.3) is 0 Å². The van der Waals surface area contributed by atoms with Crippen LogP contribution in [-0.4, -0.2) is 53.9 Å². The fraction of sp³-hybridized carbons (Fsp3) is 0.308. The fourth-order valence-electron chi connectivity index (χ4n) is 3.67. The van der Waals surface area contributed by atoms with Gasteiger partial charge in [-0.25, -0.2) is 4.98 Å². The smallest absolute Gasteiger partial charge is 0.248 e. The molecule has 2 aromatic carbocycles. The summed E-state index contributed by atoms with van der Waals surface area (Å²) in [6.07, 6.45) is 3.36. The zero-order chi connectivity index (χ0) is 23.0. The summed E-state index contributed by atoms with van der Waals surface area (Å²) in [6, 6.07) is 15.8. The molecule has 1 saturated heterocycles. The average molecular weight is 463 g/mol. The van der Waals surface area contributed by atoms with Crippen molar-refractivity contribution in [3.63, 3.8) is 0 Å². The Morgan fingerprint density at radius 3 is 2.67 bits per heavy atom. The quantitative estimate of drug-likeness (QED) is 0.502. The fourth-order valence-corrected chi connectivity index (χ4v) is 4.27. The van der Waals surface area contributed by atoms with E-state index in [0.29, 0.717) is 6.61 Å². The van der Waals surface area contributed by atoms with Crippen LogP contribution < -0.4 is 10.1 Å². The third kappa shape index (κ3) is 7.25. The van der Waals surface area contributed by atoms with Crippen LogP contribution >= 0.6 is 11.3 Å². The minimum absolute atomic E-state index is 0.147. The molecule has 1 aromatic heterocycles. The molecular formula is C26H30N4O2S. The maximum atomic E-state index is 12.4. The highest BCUT2D eigenvalue weighted by molar-refractivity contribution is 7.09. The van der Waals surface area contributed by atoms with Gasteiger partial charge in [-0.2, -0.15) is 0 Å². The molecule has 0 spiro atoms. The van der Waals surface area contributed by atoms with E-state index in [1.165, 1.54) is 5.56 Å². The number of ether oxygens (including phenoxy) is 1. The molecular weight excluding hydrogens is 432 g/mol. The van der Waals surface area contributed by atoms with Crippen molar-refractivity contribution < 1.29 is 9.53 Å². The first-order valence-corrected chi connectivity index (χ1v) is 12.0. The van der Waals surface area contributed by atoms with Gasteiger partial charge in [-0.3, -0.25) is 9.69 Å². The molecule has 1 aliphatic rings. The SMILES string of the molecule is Cc1nc(COc2ccc(/C=C/C(=O)Nc3cccc(CN4CCN(C)CC4)c3)cc2)cs1. The molecule has 1 N–H and O–H groups in total. The number of aromatic nitrogens is 1. The molecule has 0 bridgehead atoms. The predicted molar refractivity (Wildman–Crippen MR) is 135 cm³/mol. The molecule has 3 aromatic rings. The van der Waals surface area contributed by atoms with Gasteiger partial charge < -0.3 is 15.0 Å². The van der Waals surface area contributed by atoms with Gasteiger partial charge >= 0.3 is 0 Å². The predicted octanol–water partition coefficient (Wildman–Crippen LogP) is 4.43. The van der Waals surface area contributed by atoms with Crippen molar-refractivity contribution in [1.29, 1.82) is 0 Å². The molecule has 0 aliphatic carbocycles. The first-order chi connectivity index (χ1) is 16.0. The number of amides is 1. The molecule has 172 valence electrons. The third-order valence-electron chi connectivity index (χ3n) is 5.56. The normalized spacial score (nSPS) is 15.1. The molecule has 6 nitrogen and oxygen atoms in total. The molecule has 7 heteroatoms. The van der Waals surface area contributed by atoms with Crippen molar-refractivity contribution in [2.75, 3.05) is 38.5 Å². The van der Waals surface area contributed by atoms with Gasteiger partial charge in [-0.1, -0.05) is 24.3 Å². The van der Waals surface area contributed by atoms with Crippen LogP contribution in [0.15, 0.2) is 60.0 Å². The molecule has 33 heavy (non-hydrogen) atoms. The summed E-state index contributed by atoms with van der Waals surface area (Å²) >= 11 is 1.62. The maximum absolute atomic E-state index is 12.4. The Bertz CT molecular complexity index is 1090. The van der Waals surface area contributed by atoms with Crippen LogP contribution in [0.3, 0.4) is 0 Å². The first kappa shape index (κ1) is 23.2. The molecule has 0 unspecified atom stereocenters. The Hall–Kier alpha value is -3.00. The highest BCUT2D eigenvalue weighted by Crippen LogP contribution is 2.17. The zero-order valence-electron chi connectivity index (χ0n) is 19.2. The number of piperazine rings is 1. The van der Waals surface area contributed by atoms with Gasteiger partial charge in [-0.15, -0.1) is 11.3 Å². The van der Waals surface area contributed by atoms with Gasteiger partial charge in [0, 0.05) is 49.9 Å². The number of rotatable bonds is 8. The highest BCUT2D eigenvalue weighted by atomic mass is 32.1. The molecule has 0 radical (unpaired) electrons. The van der Waals surface area contributed by atoms with Crippen LogP contribution in [0.5, 0.6) is 5.75 Å². The lowest BCUT2D eigenvalue weighted by Crippen LogP contribution is -2.43. The zero-order valence-corrected chi connectivity index (χ0v) is 20.0. The van der Waals surface area contributed by atoms with E-state index in [1.54, 1.807) is 23.5 Å². The molecule has 0 atom stereocenters. The molecule has 1 aliphatic heterocycles. The second kappa shape index (κ2) is 11.2. The summed E-state index contributed by atoms with van der Waals surface area (Å²) in [7, 11) is 2.16. The molecule has 0 saturated carbocycles. The summed E-state index contributed by atoms with van der Waals surface area (Å²) in [6.45, 7) is 7.69. The van der Waals surface area contributed by atoms with E-state index in [1.807, 2.05) is 48.7 Å². The molecule has 2 heterocycles. The number of thiazole rings is 1.